The van der Waals surface area contributed by atoms with Crippen molar-refractivity contribution in [2.45, 2.75) is 23.1 Å². The van der Waals surface area contributed by atoms with Gasteiger partial charge < -0.3 is 14.6 Å². The Bertz CT molecular complexity index is 1500. The van der Waals surface area contributed by atoms with Gasteiger partial charge in [0, 0.05) is 5.75 Å². The van der Waals surface area contributed by atoms with E-state index < -0.39 is 23.5 Å². The van der Waals surface area contributed by atoms with Crippen molar-refractivity contribution in [3.8, 4) is 5.75 Å². The van der Waals surface area contributed by atoms with E-state index in [0.29, 0.717) is 27.0 Å². The van der Waals surface area contributed by atoms with Crippen molar-refractivity contribution in [1.29, 1.82) is 0 Å². The Morgan fingerprint density at radius 3 is 2.56 bits per heavy atom. The normalized spacial score (nSPS) is 15.7. The van der Waals surface area contributed by atoms with E-state index in [1.165, 1.54) is 40.9 Å². The SMILES string of the molecule is Cc1ccc(C(=O)C2=C(O)C(=O)N(c3nnc(SCc4ccccc4F)s3)C2c2ccc(O)cc2)o1. The molecule has 0 radical (unpaired) electrons. The summed E-state index contributed by atoms with van der Waals surface area (Å²) in [5.74, 6) is -1.73. The number of aliphatic hydroxyl groups excluding tert-OH is 1. The Balaban J connectivity index is 1.50. The molecule has 5 rings (SSSR count). The van der Waals surface area contributed by atoms with E-state index in [0.717, 1.165) is 11.3 Å². The fourth-order valence-corrected chi connectivity index (χ4v) is 5.66. The Morgan fingerprint density at radius 1 is 1.11 bits per heavy atom. The molecule has 2 N–H and O–H groups in total. The van der Waals surface area contributed by atoms with E-state index in [-0.39, 0.29) is 28.0 Å². The number of benzene rings is 2. The first-order valence-corrected chi connectivity index (χ1v) is 12.5. The molecule has 0 saturated heterocycles. The topological polar surface area (TPSA) is 117 Å². The third-order valence-corrected chi connectivity index (χ3v) is 7.64. The lowest BCUT2D eigenvalue weighted by Crippen LogP contribution is -2.31. The highest BCUT2D eigenvalue weighted by atomic mass is 32.2. The Kier molecular flexibility index (Phi) is 6.33. The molecule has 36 heavy (non-hydrogen) atoms. The summed E-state index contributed by atoms with van der Waals surface area (Å²) in [6.45, 7) is 1.68. The second-order valence-corrected chi connectivity index (χ2v) is 10.1. The van der Waals surface area contributed by atoms with Crippen LogP contribution < -0.4 is 4.90 Å². The molecule has 0 saturated carbocycles. The highest BCUT2D eigenvalue weighted by Crippen LogP contribution is 2.44. The molecule has 4 aromatic rings. The van der Waals surface area contributed by atoms with Gasteiger partial charge in [0.25, 0.3) is 5.91 Å². The van der Waals surface area contributed by atoms with Crippen LogP contribution in [0, 0.1) is 12.7 Å². The molecule has 1 unspecified atom stereocenters. The largest absolute Gasteiger partial charge is 0.508 e. The smallest absolute Gasteiger partial charge is 0.296 e. The van der Waals surface area contributed by atoms with Crippen LogP contribution in [-0.4, -0.2) is 32.1 Å². The monoisotopic (exact) mass is 523 g/mol. The van der Waals surface area contributed by atoms with E-state index in [2.05, 4.69) is 10.2 Å². The van der Waals surface area contributed by atoms with Crippen LogP contribution in [-0.2, 0) is 10.5 Å². The van der Waals surface area contributed by atoms with Gasteiger partial charge in [-0.3, -0.25) is 14.5 Å². The fraction of sp³-hybridized carbons (Fsp3) is 0.120. The number of amides is 1. The number of phenols is 1. The summed E-state index contributed by atoms with van der Waals surface area (Å²) in [6, 6.07) is 14.4. The number of aromatic hydroxyl groups is 1. The number of anilines is 1. The lowest BCUT2D eigenvalue weighted by atomic mass is 9.95. The molecule has 3 heterocycles. The van der Waals surface area contributed by atoms with Gasteiger partial charge in [-0.1, -0.05) is 53.4 Å². The highest BCUT2D eigenvalue weighted by molar-refractivity contribution is 8.00. The number of carbonyl (C=O) groups is 2. The number of nitrogens with zero attached hydrogens (tertiary/aromatic N) is 3. The number of aryl methyl sites for hydroxylation is 1. The zero-order valence-electron chi connectivity index (χ0n) is 18.7. The molecule has 0 spiro atoms. The van der Waals surface area contributed by atoms with Gasteiger partial charge in [-0.15, -0.1) is 10.2 Å². The van der Waals surface area contributed by atoms with Crippen molar-refractivity contribution in [1.82, 2.24) is 10.2 Å². The van der Waals surface area contributed by atoms with Crippen molar-refractivity contribution < 1.29 is 28.6 Å². The molecule has 1 atom stereocenters. The molecule has 182 valence electrons. The molecule has 1 aliphatic heterocycles. The third kappa shape index (κ3) is 4.38. The zero-order chi connectivity index (χ0) is 25.4. The lowest BCUT2D eigenvalue weighted by molar-refractivity contribution is -0.117. The molecule has 1 aliphatic rings. The molecular formula is C25H18FN3O5S2. The first kappa shape index (κ1) is 23.8. The molecule has 8 nitrogen and oxygen atoms in total. The van der Waals surface area contributed by atoms with Gasteiger partial charge in [-0.25, -0.2) is 4.39 Å². The first-order valence-electron chi connectivity index (χ1n) is 10.7. The van der Waals surface area contributed by atoms with Crippen molar-refractivity contribution in [3.05, 3.63) is 100 Å². The van der Waals surface area contributed by atoms with Crippen LogP contribution in [0.3, 0.4) is 0 Å². The summed E-state index contributed by atoms with van der Waals surface area (Å²) in [4.78, 5) is 27.7. The van der Waals surface area contributed by atoms with E-state index in [9.17, 15) is 24.2 Å². The summed E-state index contributed by atoms with van der Waals surface area (Å²) < 4.78 is 19.9. The summed E-state index contributed by atoms with van der Waals surface area (Å²) in [7, 11) is 0. The van der Waals surface area contributed by atoms with Gasteiger partial charge in [0.05, 0.1) is 11.6 Å². The molecular weight excluding hydrogens is 505 g/mol. The molecule has 0 aliphatic carbocycles. The van der Waals surface area contributed by atoms with Crippen molar-refractivity contribution in [3.63, 3.8) is 0 Å². The predicted octanol–water partition coefficient (Wildman–Crippen LogP) is 5.36. The maximum absolute atomic E-state index is 14.0. The van der Waals surface area contributed by atoms with Gasteiger partial charge in [0.15, 0.2) is 15.9 Å². The van der Waals surface area contributed by atoms with Crippen molar-refractivity contribution in [2.75, 3.05) is 4.90 Å². The Labute approximate surface area is 212 Å². The maximum atomic E-state index is 14.0. The van der Waals surface area contributed by atoms with Crippen LogP contribution in [0.1, 0.15) is 33.5 Å². The van der Waals surface area contributed by atoms with Gasteiger partial charge >= 0.3 is 0 Å². The number of thioether (sulfide) groups is 1. The van der Waals surface area contributed by atoms with Gasteiger partial charge in [0.1, 0.15) is 17.3 Å². The van der Waals surface area contributed by atoms with Crippen LogP contribution >= 0.6 is 23.1 Å². The van der Waals surface area contributed by atoms with E-state index in [1.54, 1.807) is 43.3 Å². The minimum absolute atomic E-state index is 0.0000987. The highest BCUT2D eigenvalue weighted by Gasteiger charge is 2.46. The van der Waals surface area contributed by atoms with Gasteiger partial charge in [-0.2, -0.15) is 0 Å². The van der Waals surface area contributed by atoms with Gasteiger partial charge in [-0.05, 0) is 48.4 Å². The quantitative estimate of drug-likeness (QED) is 0.189. The van der Waals surface area contributed by atoms with Crippen LogP contribution in [0.15, 0.2) is 80.8 Å². The standard InChI is InChI=1S/C25H18FN3O5S2/c1-13-6-11-18(34-13)21(31)19-20(14-7-9-16(30)10-8-14)29(23(33)22(19)32)24-27-28-25(36-24)35-12-15-4-2-3-5-17(15)26/h2-11,20,30,32H,12H2,1H3. The molecule has 11 heteroatoms. The minimum atomic E-state index is -1.03. The maximum Gasteiger partial charge on any atom is 0.296 e. The number of rotatable bonds is 7. The second-order valence-electron chi connectivity index (χ2n) is 7.90. The fourth-order valence-electron chi connectivity index (χ4n) is 3.81. The number of Topliss-reactive ketones (excluding diaryl/α,β-unsaturated/α-hetero) is 1. The van der Waals surface area contributed by atoms with Crippen LogP contribution in [0.4, 0.5) is 9.52 Å². The summed E-state index contributed by atoms with van der Waals surface area (Å²) in [5.41, 5.74) is 0.794. The number of furan rings is 1. The molecule has 1 amide bonds. The number of carbonyl (C=O) groups excluding carboxylic acids is 2. The number of aliphatic hydroxyl groups is 1. The molecule has 0 fully saturated rings. The Hall–Kier alpha value is -3.96. The predicted molar refractivity (Wildman–Crippen MR) is 132 cm³/mol. The Morgan fingerprint density at radius 2 is 1.86 bits per heavy atom. The first-order chi connectivity index (χ1) is 17.3. The van der Waals surface area contributed by atoms with Crippen LogP contribution in [0.2, 0.25) is 0 Å². The van der Waals surface area contributed by atoms with E-state index in [4.69, 9.17) is 4.42 Å². The number of halogens is 1. The summed E-state index contributed by atoms with van der Waals surface area (Å²) in [6.07, 6.45) is 0. The van der Waals surface area contributed by atoms with E-state index in [1.807, 2.05) is 0 Å². The molecule has 0 bridgehead atoms. The minimum Gasteiger partial charge on any atom is -0.508 e. The summed E-state index contributed by atoms with van der Waals surface area (Å²) >= 11 is 2.33. The number of phenolic OH excluding ortho intramolecular Hbond substituents is 1. The van der Waals surface area contributed by atoms with Crippen LogP contribution in [0.25, 0.3) is 0 Å². The average Bonchev–Trinajstić information content (AvgIpc) is 3.57. The number of hydrogen-bond donors (Lipinski definition) is 2. The average molecular weight is 524 g/mol. The number of hydrogen-bond acceptors (Lipinski definition) is 9. The molecule has 2 aromatic carbocycles. The third-order valence-electron chi connectivity index (χ3n) is 5.54. The number of ketones is 1. The molecule has 2 aromatic heterocycles. The summed E-state index contributed by atoms with van der Waals surface area (Å²) in [5, 5.41) is 28.9. The van der Waals surface area contributed by atoms with Crippen molar-refractivity contribution in [2.24, 2.45) is 0 Å². The second kappa shape index (κ2) is 9.59. The van der Waals surface area contributed by atoms with Crippen LogP contribution in [0.5, 0.6) is 5.75 Å². The van der Waals surface area contributed by atoms with E-state index >= 15 is 0 Å². The lowest BCUT2D eigenvalue weighted by Gasteiger charge is -2.23. The number of aromatic nitrogens is 2. The van der Waals surface area contributed by atoms with Gasteiger partial charge in [0.2, 0.25) is 10.9 Å². The zero-order valence-corrected chi connectivity index (χ0v) is 20.3. The van der Waals surface area contributed by atoms with Crippen molar-refractivity contribution >= 4 is 39.9 Å².